The zero-order chi connectivity index (χ0) is 13.1. The van der Waals surface area contributed by atoms with Gasteiger partial charge in [-0.1, -0.05) is 19.3 Å². The second-order valence-electron chi connectivity index (χ2n) is 5.45. The number of carboxylic acid groups (broad SMARTS) is 1. The third-order valence-electron chi connectivity index (χ3n) is 4.23. The van der Waals surface area contributed by atoms with Crippen LogP contribution in [-0.2, 0) is 9.59 Å². The van der Waals surface area contributed by atoms with Crippen LogP contribution in [0.15, 0.2) is 0 Å². The van der Waals surface area contributed by atoms with Gasteiger partial charge in [-0.15, -0.1) is 0 Å². The van der Waals surface area contributed by atoms with Crippen LogP contribution < -0.4 is 5.32 Å². The van der Waals surface area contributed by atoms with Crippen LogP contribution in [0.25, 0.3) is 0 Å². The van der Waals surface area contributed by atoms with Gasteiger partial charge in [-0.3, -0.25) is 9.59 Å². The van der Waals surface area contributed by atoms with E-state index in [1.807, 2.05) is 0 Å². The van der Waals surface area contributed by atoms with Gasteiger partial charge in [0.2, 0.25) is 5.91 Å². The minimum absolute atomic E-state index is 0.189. The molecule has 18 heavy (non-hydrogen) atoms. The van der Waals surface area contributed by atoms with Gasteiger partial charge in [0.1, 0.15) is 0 Å². The fourth-order valence-electron chi connectivity index (χ4n) is 3.14. The summed E-state index contributed by atoms with van der Waals surface area (Å²) in [6.45, 7) is 0. The van der Waals surface area contributed by atoms with E-state index in [1.54, 1.807) is 0 Å². The van der Waals surface area contributed by atoms with E-state index >= 15 is 0 Å². The van der Waals surface area contributed by atoms with Crippen molar-refractivity contribution in [3.8, 4) is 0 Å². The zero-order valence-electron chi connectivity index (χ0n) is 10.5. The van der Waals surface area contributed by atoms with Crippen molar-refractivity contribution >= 4 is 11.9 Å². The Bertz CT molecular complexity index is 331. The van der Waals surface area contributed by atoms with E-state index in [0.717, 1.165) is 32.1 Å². The second-order valence-corrected chi connectivity index (χ2v) is 5.45. The minimum Gasteiger partial charge on any atom is -0.481 e. The number of aliphatic hydroxyl groups excluding tert-OH is 1. The third kappa shape index (κ3) is 2.83. The quantitative estimate of drug-likeness (QED) is 0.699. The molecule has 2 fully saturated rings. The van der Waals surface area contributed by atoms with E-state index in [1.165, 1.54) is 0 Å². The highest BCUT2D eigenvalue weighted by Crippen LogP contribution is 2.32. The van der Waals surface area contributed by atoms with E-state index in [-0.39, 0.29) is 11.9 Å². The first-order valence-electron chi connectivity index (χ1n) is 6.81. The number of hydrogen-bond donors (Lipinski definition) is 3. The van der Waals surface area contributed by atoms with Crippen LogP contribution in [0, 0.1) is 11.8 Å². The van der Waals surface area contributed by atoms with Crippen molar-refractivity contribution in [1.29, 1.82) is 0 Å². The predicted octanol–water partition coefficient (Wildman–Crippen LogP) is 0.907. The van der Waals surface area contributed by atoms with Gasteiger partial charge >= 0.3 is 5.97 Å². The monoisotopic (exact) mass is 255 g/mol. The van der Waals surface area contributed by atoms with Crippen molar-refractivity contribution < 1.29 is 19.8 Å². The number of rotatable bonds is 3. The topological polar surface area (TPSA) is 86.6 Å². The molecule has 5 heteroatoms. The Labute approximate surface area is 107 Å². The Hall–Kier alpha value is -1.10. The molecule has 2 rings (SSSR count). The maximum atomic E-state index is 12.1. The number of carboxylic acids is 1. The van der Waals surface area contributed by atoms with Crippen molar-refractivity contribution in [3.05, 3.63) is 0 Å². The summed E-state index contributed by atoms with van der Waals surface area (Å²) >= 11 is 0. The maximum absolute atomic E-state index is 12.1. The largest absolute Gasteiger partial charge is 0.481 e. The van der Waals surface area contributed by atoms with Crippen LogP contribution >= 0.6 is 0 Å². The van der Waals surface area contributed by atoms with Crippen LogP contribution in [0.3, 0.4) is 0 Å². The summed E-state index contributed by atoms with van der Waals surface area (Å²) in [6.07, 6.45) is 5.06. The maximum Gasteiger partial charge on any atom is 0.307 e. The number of carbonyl (C=O) groups excluding carboxylic acids is 1. The molecule has 0 aliphatic heterocycles. The van der Waals surface area contributed by atoms with Crippen LogP contribution in [0.1, 0.15) is 44.9 Å². The highest BCUT2D eigenvalue weighted by atomic mass is 16.4. The van der Waals surface area contributed by atoms with Crippen molar-refractivity contribution in [2.24, 2.45) is 11.8 Å². The SMILES string of the molecule is O=C(O)C1CCCC1C(=O)N[C@H]1CCCC[C@@H]1O. The fraction of sp³-hybridized carbons (Fsp3) is 0.846. The van der Waals surface area contributed by atoms with E-state index in [9.17, 15) is 14.7 Å². The lowest BCUT2D eigenvalue weighted by atomic mass is 9.90. The lowest BCUT2D eigenvalue weighted by Crippen LogP contribution is -2.48. The van der Waals surface area contributed by atoms with Gasteiger partial charge in [-0.2, -0.15) is 0 Å². The van der Waals surface area contributed by atoms with Crippen LogP contribution in [0.5, 0.6) is 0 Å². The lowest BCUT2D eigenvalue weighted by Gasteiger charge is -2.29. The molecule has 0 spiro atoms. The average Bonchev–Trinajstić information content (AvgIpc) is 2.81. The molecule has 1 amide bonds. The summed E-state index contributed by atoms with van der Waals surface area (Å²) < 4.78 is 0. The van der Waals surface area contributed by atoms with Crippen LogP contribution in [-0.4, -0.2) is 34.2 Å². The molecule has 0 saturated heterocycles. The second kappa shape index (κ2) is 5.69. The smallest absolute Gasteiger partial charge is 0.307 e. The van der Waals surface area contributed by atoms with Crippen LogP contribution in [0.4, 0.5) is 0 Å². The van der Waals surface area contributed by atoms with Crippen molar-refractivity contribution in [2.75, 3.05) is 0 Å². The molecule has 0 bridgehead atoms. The summed E-state index contributed by atoms with van der Waals surface area (Å²) in [4.78, 5) is 23.1. The normalized spacial score (nSPS) is 36.3. The first-order valence-corrected chi connectivity index (χ1v) is 6.81. The van der Waals surface area contributed by atoms with Crippen molar-refractivity contribution in [1.82, 2.24) is 5.32 Å². The lowest BCUT2D eigenvalue weighted by molar-refractivity contribution is -0.146. The van der Waals surface area contributed by atoms with Gasteiger partial charge in [-0.05, 0) is 25.7 Å². The molecular formula is C13H21NO4. The first-order chi connectivity index (χ1) is 8.59. The summed E-state index contributed by atoms with van der Waals surface area (Å²) in [7, 11) is 0. The van der Waals surface area contributed by atoms with Crippen molar-refractivity contribution in [2.45, 2.75) is 57.1 Å². The van der Waals surface area contributed by atoms with Gasteiger partial charge < -0.3 is 15.5 Å². The highest BCUT2D eigenvalue weighted by molar-refractivity contribution is 5.85. The molecule has 0 aromatic heterocycles. The molecule has 0 radical (unpaired) electrons. The van der Waals surface area contributed by atoms with Crippen LogP contribution in [0.2, 0.25) is 0 Å². The van der Waals surface area contributed by atoms with Gasteiger partial charge in [0.25, 0.3) is 0 Å². The molecule has 2 saturated carbocycles. The van der Waals surface area contributed by atoms with Crippen molar-refractivity contribution in [3.63, 3.8) is 0 Å². The fourth-order valence-corrected chi connectivity index (χ4v) is 3.14. The Morgan fingerprint density at radius 1 is 0.944 bits per heavy atom. The molecule has 5 nitrogen and oxygen atoms in total. The molecule has 3 N–H and O–H groups in total. The molecule has 0 aromatic carbocycles. The molecule has 0 aromatic rings. The van der Waals surface area contributed by atoms with Gasteiger partial charge in [-0.25, -0.2) is 0 Å². The Kier molecular flexibility index (Phi) is 4.22. The molecular weight excluding hydrogens is 234 g/mol. The highest BCUT2D eigenvalue weighted by Gasteiger charge is 2.39. The van der Waals surface area contributed by atoms with E-state index in [4.69, 9.17) is 5.11 Å². The summed E-state index contributed by atoms with van der Waals surface area (Å²) in [5, 5.41) is 21.7. The standard InChI is InChI=1S/C13H21NO4/c15-11-7-2-1-6-10(11)14-12(16)8-4-3-5-9(8)13(17)18/h8-11,15H,1-7H2,(H,14,16)(H,17,18)/t8?,9?,10-,11-/m0/s1. The van der Waals surface area contributed by atoms with E-state index < -0.39 is 23.9 Å². The summed E-state index contributed by atoms with van der Waals surface area (Å²) in [5.41, 5.74) is 0. The number of aliphatic carboxylic acids is 1. The Balaban J connectivity index is 1.92. The van der Waals surface area contributed by atoms with E-state index in [2.05, 4.69) is 5.32 Å². The number of amides is 1. The molecule has 2 aliphatic rings. The Morgan fingerprint density at radius 3 is 2.28 bits per heavy atom. The molecule has 0 heterocycles. The first kappa shape index (κ1) is 13.3. The third-order valence-corrected chi connectivity index (χ3v) is 4.23. The molecule has 4 atom stereocenters. The van der Waals surface area contributed by atoms with Gasteiger partial charge in [0.05, 0.1) is 24.0 Å². The predicted molar refractivity (Wildman–Crippen MR) is 64.9 cm³/mol. The average molecular weight is 255 g/mol. The number of carbonyl (C=O) groups is 2. The molecule has 2 unspecified atom stereocenters. The van der Waals surface area contributed by atoms with Gasteiger partial charge in [0.15, 0.2) is 0 Å². The Morgan fingerprint density at radius 2 is 1.61 bits per heavy atom. The number of aliphatic hydroxyl groups is 1. The van der Waals surface area contributed by atoms with E-state index in [0.29, 0.717) is 12.8 Å². The molecule has 2 aliphatic carbocycles. The minimum atomic E-state index is -0.878. The summed E-state index contributed by atoms with van der Waals surface area (Å²) in [5.74, 6) is -2.04. The van der Waals surface area contributed by atoms with Gasteiger partial charge in [0, 0.05) is 0 Å². The number of hydrogen-bond acceptors (Lipinski definition) is 3. The molecule has 102 valence electrons. The summed E-state index contributed by atoms with van der Waals surface area (Å²) in [6, 6.07) is -0.193. The zero-order valence-corrected chi connectivity index (χ0v) is 10.5. The number of nitrogens with one attached hydrogen (secondary N) is 1.